The lowest BCUT2D eigenvalue weighted by atomic mass is 10.0. The zero-order valence-electron chi connectivity index (χ0n) is 13.4. The van der Waals surface area contributed by atoms with E-state index in [-0.39, 0.29) is 0 Å². The highest BCUT2D eigenvalue weighted by Crippen LogP contribution is 2.30. The SMILES string of the molecule is CCCNC1CCCCc2cn(CC3CCOCC3)cc21. The van der Waals surface area contributed by atoms with Crippen LogP contribution in [0.4, 0.5) is 0 Å². The molecular formula is C18H30N2O. The summed E-state index contributed by atoms with van der Waals surface area (Å²) in [6.45, 7) is 6.46. The number of rotatable bonds is 5. The van der Waals surface area contributed by atoms with Gasteiger partial charge >= 0.3 is 0 Å². The minimum absolute atomic E-state index is 0.582. The zero-order valence-corrected chi connectivity index (χ0v) is 13.4. The van der Waals surface area contributed by atoms with Crippen LogP contribution < -0.4 is 5.32 Å². The molecule has 1 atom stereocenters. The van der Waals surface area contributed by atoms with Gasteiger partial charge in [-0.1, -0.05) is 13.3 Å². The largest absolute Gasteiger partial charge is 0.381 e. The molecule has 2 aliphatic rings. The molecule has 1 fully saturated rings. The van der Waals surface area contributed by atoms with Gasteiger partial charge in [-0.3, -0.25) is 0 Å². The van der Waals surface area contributed by atoms with Gasteiger partial charge in [0.05, 0.1) is 0 Å². The van der Waals surface area contributed by atoms with Crippen molar-refractivity contribution in [3.8, 4) is 0 Å². The fourth-order valence-electron chi connectivity index (χ4n) is 3.78. The maximum absolute atomic E-state index is 5.48. The van der Waals surface area contributed by atoms with E-state index in [2.05, 4.69) is 29.2 Å². The van der Waals surface area contributed by atoms with E-state index >= 15 is 0 Å². The highest BCUT2D eigenvalue weighted by molar-refractivity contribution is 5.29. The molecule has 3 rings (SSSR count). The molecule has 1 aromatic heterocycles. The van der Waals surface area contributed by atoms with Crippen molar-refractivity contribution >= 4 is 0 Å². The van der Waals surface area contributed by atoms with Gasteiger partial charge in [0.25, 0.3) is 0 Å². The Hall–Kier alpha value is -0.800. The highest BCUT2D eigenvalue weighted by Gasteiger charge is 2.21. The van der Waals surface area contributed by atoms with Crippen molar-refractivity contribution in [1.29, 1.82) is 0 Å². The van der Waals surface area contributed by atoms with Gasteiger partial charge in [-0.2, -0.15) is 0 Å². The summed E-state index contributed by atoms with van der Waals surface area (Å²) in [6, 6.07) is 0.582. The third-order valence-electron chi connectivity index (χ3n) is 5.01. The van der Waals surface area contributed by atoms with E-state index in [4.69, 9.17) is 4.74 Å². The first-order valence-electron chi connectivity index (χ1n) is 8.86. The molecule has 2 heterocycles. The minimum atomic E-state index is 0.582. The van der Waals surface area contributed by atoms with Crippen LogP contribution in [0.15, 0.2) is 12.4 Å². The van der Waals surface area contributed by atoms with Crippen molar-refractivity contribution in [2.75, 3.05) is 19.8 Å². The van der Waals surface area contributed by atoms with Crippen LogP contribution in [-0.2, 0) is 17.7 Å². The van der Waals surface area contributed by atoms with E-state index in [0.717, 1.165) is 25.7 Å². The first-order chi connectivity index (χ1) is 10.4. The molecule has 21 heavy (non-hydrogen) atoms. The smallest absolute Gasteiger partial charge is 0.0469 e. The molecule has 0 spiro atoms. The Morgan fingerprint density at radius 2 is 2.05 bits per heavy atom. The van der Waals surface area contributed by atoms with Gasteiger partial charge < -0.3 is 14.6 Å². The second-order valence-electron chi connectivity index (χ2n) is 6.74. The molecule has 0 bridgehead atoms. The fourth-order valence-corrected chi connectivity index (χ4v) is 3.78. The number of hydrogen-bond donors (Lipinski definition) is 1. The van der Waals surface area contributed by atoms with Crippen LogP contribution in [-0.4, -0.2) is 24.3 Å². The molecule has 1 N–H and O–H groups in total. The standard InChI is InChI=1S/C18H30N2O/c1-2-9-19-18-6-4-3-5-16-13-20(14-17(16)18)12-15-7-10-21-11-8-15/h13-15,18-19H,2-12H2,1H3. The number of nitrogens with one attached hydrogen (secondary N) is 1. The van der Waals surface area contributed by atoms with Crippen LogP contribution >= 0.6 is 0 Å². The third kappa shape index (κ3) is 3.89. The topological polar surface area (TPSA) is 26.2 Å². The average molecular weight is 290 g/mol. The lowest BCUT2D eigenvalue weighted by molar-refractivity contribution is 0.0613. The number of fused-ring (bicyclic) bond motifs is 1. The molecule has 1 unspecified atom stereocenters. The molecule has 3 nitrogen and oxygen atoms in total. The van der Waals surface area contributed by atoms with E-state index in [0.29, 0.717) is 6.04 Å². The molecule has 118 valence electrons. The molecular weight excluding hydrogens is 260 g/mol. The van der Waals surface area contributed by atoms with Gasteiger partial charge in [0, 0.05) is 38.2 Å². The molecule has 0 saturated carbocycles. The lowest BCUT2D eigenvalue weighted by Crippen LogP contribution is -2.22. The Labute approximate surface area is 129 Å². The molecule has 0 aromatic carbocycles. The number of ether oxygens (including phenoxy) is 1. The summed E-state index contributed by atoms with van der Waals surface area (Å²) in [6.07, 6.45) is 13.8. The summed E-state index contributed by atoms with van der Waals surface area (Å²) in [7, 11) is 0. The highest BCUT2D eigenvalue weighted by atomic mass is 16.5. The minimum Gasteiger partial charge on any atom is -0.381 e. The quantitative estimate of drug-likeness (QED) is 0.837. The molecule has 1 aromatic rings. The lowest BCUT2D eigenvalue weighted by Gasteiger charge is -2.22. The summed E-state index contributed by atoms with van der Waals surface area (Å²) < 4.78 is 7.94. The molecule has 1 aliphatic carbocycles. The monoisotopic (exact) mass is 290 g/mol. The second kappa shape index (κ2) is 7.46. The van der Waals surface area contributed by atoms with Crippen LogP contribution in [0.5, 0.6) is 0 Å². The van der Waals surface area contributed by atoms with E-state index < -0.39 is 0 Å². The van der Waals surface area contributed by atoms with Crippen molar-refractivity contribution in [3.63, 3.8) is 0 Å². The van der Waals surface area contributed by atoms with Gasteiger partial charge in [-0.05, 0) is 62.1 Å². The fraction of sp³-hybridized carbons (Fsp3) is 0.778. The van der Waals surface area contributed by atoms with E-state index in [1.165, 1.54) is 51.5 Å². The predicted molar refractivity (Wildman–Crippen MR) is 86.6 cm³/mol. The van der Waals surface area contributed by atoms with Crippen LogP contribution in [0.2, 0.25) is 0 Å². The Morgan fingerprint density at radius 3 is 2.86 bits per heavy atom. The first kappa shape index (κ1) is 15.1. The van der Waals surface area contributed by atoms with Crippen molar-refractivity contribution in [2.45, 2.75) is 64.5 Å². The van der Waals surface area contributed by atoms with Crippen molar-refractivity contribution in [3.05, 3.63) is 23.5 Å². The normalized spacial score (nSPS) is 23.8. The third-order valence-corrected chi connectivity index (χ3v) is 5.01. The van der Waals surface area contributed by atoms with Gasteiger partial charge in [0.1, 0.15) is 0 Å². The molecule has 1 aliphatic heterocycles. The molecule has 0 amide bonds. The molecule has 3 heteroatoms. The van der Waals surface area contributed by atoms with Crippen molar-refractivity contribution in [2.24, 2.45) is 5.92 Å². The summed E-state index contributed by atoms with van der Waals surface area (Å²) in [5.74, 6) is 0.803. The van der Waals surface area contributed by atoms with E-state index in [1.807, 2.05) is 0 Å². The Kier molecular flexibility index (Phi) is 5.37. The predicted octanol–water partition coefficient (Wildman–Crippen LogP) is 3.68. The first-order valence-corrected chi connectivity index (χ1v) is 8.86. The van der Waals surface area contributed by atoms with Crippen molar-refractivity contribution in [1.82, 2.24) is 9.88 Å². The maximum atomic E-state index is 5.48. The van der Waals surface area contributed by atoms with Crippen LogP contribution in [0, 0.1) is 5.92 Å². The van der Waals surface area contributed by atoms with Crippen LogP contribution in [0.25, 0.3) is 0 Å². The Balaban J connectivity index is 1.69. The Morgan fingerprint density at radius 1 is 1.19 bits per heavy atom. The van der Waals surface area contributed by atoms with Gasteiger partial charge in [-0.15, -0.1) is 0 Å². The second-order valence-corrected chi connectivity index (χ2v) is 6.74. The van der Waals surface area contributed by atoms with E-state index in [9.17, 15) is 0 Å². The molecule has 1 saturated heterocycles. The van der Waals surface area contributed by atoms with Gasteiger partial charge in [0.2, 0.25) is 0 Å². The van der Waals surface area contributed by atoms with Crippen LogP contribution in [0.1, 0.15) is 62.6 Å². The van der Waals surface area contributed by atoms with Gasteiger partial charge in [-0.25, -0.2) is 0 Å². The van der Waals surface area contributed by atoms with Crippen molar-refractivity contribution < 1.29 is 4.74 Å². The van der Waals surface area contributed by atoms with Crippen LogP contribution in [0.3, 0.4) is 0 Å². The number of nitrogens with zero attached hydrogens (tertiary/aromatic N) is 1. The zero-order chi connectivity index (χ0) is 14.5. The van der Waals surface area contributed by atoms with E-state index in [1.54, 1.807) is 11.1 Å². The Bertz CT molecular complexity index is 434. The van der Waals surface area contributed by atoms with Gasteiger partial charge in [0.15, 0.2) is 0 Å². The number of aryl methyl sites for hydroxylation is 1. The summed E-state index contributed by atoms with van der Waals surface area (Å²) in [5, 5.41) is 3.75. The summed E-state index contributed by atoms with van der Waals surface area (Å²) in [4.78, 5) is 0. The maximum Gasteiger partial charge on any atom is 0.0469 e. The number of aromatic nitrogens is 1. The molecule has 0 radical (unpaired) electrons. The number of hydrogen-bond acceptors (Lipinski definition) is 2. The summed E-state index contributed by atoms with van der Waals surface area (Å²) in [5.41, 5.74) is 3.17. The average Bonchev–Trinajstić information content (AvgIpc) is 2.81. The summed E-state index contributed by atoms with van der Waals surface area (Å²) >= 11 is 0.